The molecule has 1 unspecified atom stereocenters. The molecule has 5 nitrogen and oxygen atoms in total. The van der Waals surface area contributed by atoms with Gasteiger partial charge in [-0.25, -0.2) is 0 Å². The van der Waals surface area contributed by atoms with Crippen molar-refractivity contribution in [3.8, 4) is 0 Å². The molecule has 0 fully saturated rings. The Kier molecular flexibility index (Phi) is 7.50. The lowest BCUT2D eigenvalue weighted by molar-refractivity contribution is 0.110. The highest BCUT2D eigenvalue weighted by Gasteiger charge is 2.14. The van der Waals surface area contributed by atoms with E-state index in [1.165, 1.54) is 6.92 Å². The molecule has 4 N–H and O–H groups in total. The fourth-order valence-corrected chi connectivity index (χ4v) is 0.884. The zero-order valence-electron chi connectivity index (χ0n) is 8.26. The molecule has 0 aromatic heterocycles. The van der Waals surface area contributed by atoms with Crippen LogP contribution in [0.25, 0.3) is 0 Å². The molecule has 1 atom stereocenters. The van der Waals surface area contributed by atoms with Crippen LogP contribution in [0, 0.1) is 0 Å². The third-order valence-corrected chi connectivity index (χ3v) is 1.52. The molecule has 0 aromatic rings. The number of aliphatic hydroxyl groups excluding tert-OH is 2. The molecule has 0 aliphatic heterocycles. The molecule has 0 aromatic carbocycles. The maximum atomic E-state index is 8.31. The largest absolute Gasteiger partial charge is 0.707 e. The zero-order chi connectivity index (χ0) is 11.0. The van der Waals surface area contributed by atoms with Crippen LogP contribution in [0.4, 0.5) is 0 Å². The average molecular weight is 204 g/mol. The van der Waals surface area contributed by atoms with E-state index in [9.17, 15) is 0 Å². The minimum Gasteiger partial charge on any atom is -0.516 e. The Balaban J connectivity index is 0.000000292. The minimum atomic E-state index is -1.64. The Morgan fingerprint density at radius 1 is 1.57 bits per heavy atom. The van der Waals surface area contributed by atoms with Crippen LogP contribution in [-0.2, 0) is 4.65 Å². The zero-order valence-corrected chi connectivity index (χ0v) is 8.26. The van der Waals surface area contributed by atoms with E-state index in [1.54, 1.807) is 0 Å². The lowest BCUT2D eigenvalue weighted by Crippen LogP contribution is -2.15. The Labute approximate surface area is 83.8 Å². The summed E-state index contributed by atoms with van der Waals surface area (Å²) in [4.78, 5) is 0. The number of allylic oxidation sites excluding steroid dienone is 2. The average Bonchev–Trinajstić information content (AvgIpc) is 2.57. The van der Waals surface area contributed by atoms with Gasteiger partial charge in [0.2, 0.25) is 0 Å². The van der Waals surface area contributed by atoms with Gasteiger partial charge in [0.05, 0.1) is 18.5 Å². The van der Waals surface area contributed by atoms with Gasteiger partial charge < -0.3 is 24.9 Å². The van der Waals surface area contributed by atoms with Crippen molar-refractivity contribution in [2.45, 2.75) is 32.3 Å². The molecule has 1 rings (SSSR count). The van der Waals surface area contributed by atoms with Crippen LogP contribution >= 0.6 is 0 Å². The maximum Gasteiger partial charge on any atom is 0.707 e. The lowest BCUT2D eigenvalue weighted by Gasteiger charge is -2.02. The van der Waals surface area contributed by atoms with Gasteiger partial charge in [-0.3, -0.25) is 0 Å². The number of rotatable bonds is 3. The SMILES string of the molecule is CC(O)CO.OB(O)OC1=CCCC1. The van der Waals surface area contributed by atoms with Gasteiger partial charge in [-0.15, -0.1) is 0 Å². The van der Waals surface area contributed by atoms with Crippen LogP contribution in [0.3, 0.4) is 0 Å². The molecule has 14 heavy (non-hydrogen) atoms. The molecule has 1 aliphatic carbocycles. The summed E-state index contributed by atoms with van der Waals surface area (Å²) >= 11 is 0. The monoisotopic (exact) mass is 204 g/mol. The minimum absolute atomic E-state index is 0.139. The van der Waals surface area contributed by atoms with Crippen LogP contribution in [-0.4, -0.2) is 40.3 Å². The quantitative estimate of drug-likeness (QED) is 0.461. The van der Waals surface area contributed by atoms with Crippen molar-refractivity contribution < 1.29 is 24.9 Å². The summed E-state index contributed by atoms with van der Waals surface area (Å²) in [5, 5.41) is 32.6. The fourth-order valence-electron chi connectivity index (χ4n) is 0.884. The van der Waals surface area contributed by atoms with E-state index in [0.29, 0.717) is 5.76 Å². The van der Waals surface area contributed by atoms with E-state index in [0.717, 1.165) is 19.3 Å². The summed E-state index contributed by atoms with van der Waals surface area (Å²) < 4.78 is 4.58. The van der Waals surface area contributed by atoms with Crippen molar-refractivity contribution in [2.24, 2.45) is 0 Å². The summed E-state index contributed by atoms with van der Waals surface area (Å²) in [5.41, 5.74) is 0. The van der Waals surface area contributed by atoms with E-state index in [1.807, 2.05) is 6.08 Å². The summed E-state index contributed by atoms with van der Waals surface area (Å²) in [6.07, 6.45) is 4.19. The maximum absolute atomic E-state index is 8.31. The fraction of sp³-hybridized carbons (Fsp3) is 0.750. The smallest absolute Gasteiger partial charge is 0.516 e. The molecule has 82 valence electrons. The molecular weight excluding hydrogens is 187 g/mol. The highest BCUT2D eigenvalue weighted by Crippen LogP contribution is 2.18. The first-order valence-electron chi connectivity index (χ1n) is 4.57. The molecule has 0 radical (unpaired) electrons. The summed E-state index contributed by atoms with van der Waals surface area (Å²) in [5.74, 6) is 0.699. The van der Waals surface area contributed by atoms with Crippen LogP contribution in [0.2, 0.25) is 0 Å². The van der Waals surface area contributed by atoms with Crippen LogP contribution in [0.5, 0.6) is 0 Å². The first-order valence-corrected chi connectivity index (χ1v) is 4.57. The van der Waals surface area contributed by atoms with Gasteiger partial charge in [-0.2, -0.15) is 0 Å². The summed E-state index contributed by atoms with van der Waals surface area (Å²) in [6, 6.07) is 0. The third-order valence-electron chi connectivity index (χ3n) is 1.52. The highest BCUT2D eigenvalue weighted by molar-refractivity contribution is 6.33. The Morgan fingerprint density at radius 2 is 2.14 bits per heavy atom. The van der Waals surface area contributed by atoms with E-state index in [4.69, 9.17) is 20.3 Å². The molecule has 0 heterocycles. The van der Waals surface area contributed by atoms with Gasteiger partial charge in [0, 0.05) is 6.42 Å². The van der Waals surface area contributed by atoms with Crippen molar-refractivity contribution in [1.29, 1.82) is 0 Å². The summed E-state index contributed by atoms with van der Waals surface area (Å²) in [7, 11) is -1.64. The van der Waals surface area contributed by atoms with E-state index < -0.39 is 13.4 Å². The number of aliphatic hydroxyl groups is 2. The third kappa shape index (κ3) is 8.06. The van der Waals surface area contributed by atoms with Crippen LogP contribution in [0.15, 0.2) is 11.8 Å². The van der Waals surface area contributed by atoms with Crippen molar-refractivity contribution in [2.75, 3.05) is 6.61 Å². The molecule has 1 aliphatic rings. The van der Waals surface area contributed by atoms with Gasteiger partial charge in [-0.1, -0.05) is 0 Å². The Morgan fingerprint density at radius 3 is 2.43 bits per heavy atom. The molecule has 6 heteroatoms. The Bertz CT molecular complexity index is 169. The standard InChI is InChI=1S/C5H9BO3.C3H8O2/c7-6(8)9-5-3-1-2-4-5;1-3(5)2-4/h3,7-8H,1-2,4H2;3-5H,2H2,1H3. The van der Waals surface area contributed by atoms with Gasteiger partial charge in [0.1, 0.15) is 0 Å². The normalized spacial score (nSPS) is 16.5. The molecule has 0 saturated heterocycles. The predicted octanol–water partition coefficient (Wildman–Crippen LogP) is -0.600. The van der Waals surface area contributed by atoms with E-state index >= 15 is 0 Å². The van der Waals surface area contributed by atoms with Gasteiger partial charge in [0.25, 0.3) is 0 Å². The lowest BCUT2D eigenvalue weighted by atomic mass is 10.2. The first kappa shape index (κ1) is 13.4. The number of hydrogen-bond acceptors (Lipinski definition) is 5. The van der Waals surface area contributed by atoms with Crippen LogP contribution in [0.1, 0.15) is 26.2 Å². The van der Waals surface area contributed by atoms with E-state index in [2.05, 4.69) is 4.65 Å². The van der Waals surface area contributed by atoms with E-state index in [-0.39, 0.29) is 6.61 Å². The van der Waals surface area contributed by atoms with Crippen molar-refractivity contribution in [1.82, 2.24) is 0 Å². The predicted molar refractivity (Wildman–Crippen MR) is 52.0 cm³/mol. The van der Waals surface area contributed by atoms with Crippen molar-refractivity contribution in [3.05, 3.63) is 11.8 Å². The van der Waals surface area contributed by atoms with Crippen molar-refractivity contribution in [3.63, 3.8) is 0 Å². The van der Waals surface area contributed by atoms with Crippen LogP contribution < -0.4 is 0 Å². The topological polar surface area (TPSA) is 90.2 Å². The van der Waals surface area contributed by atoms with Gasteiger partial charge >= 0.3 is 7.32 Å². The molecule has 0 spiro atoms. The highest BCUT2D eigenvalue weighted by atomic mass is 16.6. The summed E-state index contributed by atoms with van der Waals surface area (Å²) in [6.45, 7) is 1.39. The van der Waals surface area contributed by atoms with Crippen molar-refractivity contribution >= 4 is 7.32 Å². The molecule has 0 bridgehead atoms. The van der Waals surface area contributed by atoms with Gasteiger partial charge in [-0.05, 0) is 25.8 Å². The molecular formula is C8H17BO5. The molecule has 0 amide bonds. The number of hydrogen-bond donors (Lipinski definition) is 4. The second-order valence-corrected chi connectivity index (χ2v) is 3.04. The Hall–Kier alpha value is -0.555. The molecule has 0 saturated carbocycles. The second-order valence-electron chi connectivity index (χ2n) is 3.04. The van der Waals surface area contributed by atoms with Gasteiger partial charge in [0.15, 0.2) is 0 Å². The second kappa shape index (κ2) is 7.81. The first-order chi connectivity index (χ1) is 6.56.